The fourth-order valence-corrected chi connectivity index (χ4v) is 4.57. The lowest BCUT2D eigenvalue weighted by Crippen LogP contribution is -2.43. The zero-order chi connectivity index (χ0) is 25.1. The average Bonchev–Trinajstić information content (AvgIpc) is 3.25. The molecule has 1 saturated heterocycles. The van der Waals surface area contributed by atoms with E-state index in [0.717, 1.165) is 44.0 Å². The fourth-order valence-electron chi connectivity index (χ4n) is 4.57. The van der Waals surface area contributed by atoms with Crippen LogP contribution in [-0.4, -0.2) is 79.1 Å². The standard InChI is InChI=1S/C26H35N5O4/c1-17(2)20-15-21(23(34-5)24(35-6)22(20)33-4)25-27-28-26(32)31(25)19-9-7-18(8-10-19)16-30-13-11-29(3)12-14-30/h7-10,15,17H,11-14,16H2,1-6H3,(H,28,32). The number of H-pyrrole nitrogens is 1. The Kier molecular flexibility index (Phi) is 7.47. The van der Waals surface area contributed by atoms with Gasteiger partial charge in [0.15, 0.2) is 17.3 Å². The predicted octanol–water partition coefficient (Wildman–Crippen LogP) is 3.12. The summed E-state index contributed by atoms with van der Waals surface area (Å²) < 4.78 is 18.6. The molecule has 2 aromatic carbocycles. The van der Waals surface area contributed by atoms with Crippen LogP contribution in [-0.2, 0) is 6.54 Å². The molecule has 0 saturated carbocycles. The number of ether oxygens (including phenoxy) is 3. The van der Waals surface area contributed by atoms with Gasteiger partial charge >= 0.3 is 5.69 Å². The highest BCUT2D eigenvalue weighted by Gasteiger charge is 2.26. The molecule has 0 aliphatic carbocycles. The number of likely N-dealkylation sites (N-methyl/N-ethyl adjacent to an activating group) is 1. The number of methoxy groups -OCH3 is 3. The highest BCUT2D eigenvalue weighted by molar-refractivity contribution is 5.75. The van der Waals surface area contributed by atoms with Crippen LogP contribution in [0.5, 0.6) is 17.2 Å². The van der Waals surface area contributed by atoms with E-state index in [1.54, 1.807) is 25.9 Å². The average molecular weight is 482 g/mol. The molecule has 9 nitrogen and oxygen atoms in total. The molecule has 0 spiro atoms. The summed E-state index contributed by atoms with van der Waals surface area (Å²) >= 11 is 0. The minimum absolute atomic E-state index is 0.150. The Labute approximate surface area is 206 Å². The van der Waals surface area contributed by atoms with E-state index in [1.165, 1.54) is 5.56 Å². The number of hydrogen-bond donors (Lipinski definition) is 1. The zero-order valence-corrected chi connectivity index (χ0v) is 21.4. The lowest BCUT2D eigenvalue weighted by Gasteiger charge is -2.32. The lowest BCUT2D eigenvalue weighted by molar-refractivity contribution is 0.148. The third kappa shape index (κ3) is 4.92. The lowest BCUT2D eigenvalue weighted by atomic mass is 9.97. The third-order valence-electron chi connectivity index (χ3n) is 6.56. The van der Waals surface area contributed by atoms with Gasteiger partial charge in [-0.25, -0.2) is 14.5 Å². The van der Waals surface area contributed by atoms with Crippen LogP contribution in [0.2, 0.25) is 0 Å². The number of hydrogen-bond acceptors (Lipinski definition) is 7. The van der Waals surface area contributed by atoms with Gasteiger partial charge < -0.3 is 19.1 Å². The maximum Gasteiger partial charge on any atom is 0.348 e. The number of piperazine rings is 1. The van der Waals surface area contributed by atoms with Gasteiger partial charge in [-0.1, -0.05) is 26.0 Å². The van der Waals surface area contributed by atoms with Crippen LogP contribution < -0.4 is 19.9 Å². The summed E-state index contributed by atoms with van der Waals surface area (Å²) in [5.41, 5.74) is 3.19. The molecule has 0 unspecified atom stereocenters. The molecule has 4 rings (SSSR count). The molecule has 188 valence electrons. The van der Waals surface area contributed by atoms with Gasteiger partial charge in [-0.3, -0.25) is 4.90 Å². The number of benzene rings is 2. The second-order valence-corrected chi connectivity index (χ2v) is 9.20. The fraction of sp³-hybridized carbons (Fsp3) is 0.462. The van der Waals surface area contributed by atoms with Crippen molar-refractivity contribution in [3.63, 3.8) is 0 Å². The number of nitrogens with zero attached hydrogens (tertiary/aromatic N) is 4. The summed E-state index contributed by atoms with van der Waals surface area (Å²) in [6.45, 7) is 9.31. The molecule has 0 amide bonds. The molecular weight excluding hydrogens is 446 g/mol. The van der Waals surface area contributed by atoms with Gasteiger partial charge in [0.2, 0.25) is 5.75 Å². The van der Waals surface area contributed by atoms with Gasteiger partial charge in [0.05, 0.1) is 32.6 Å². The summed E-state index contributed by atoms with van der Waals surface area (Å²) in [6, 6.07) is 10.0. The van der Waals surface area contributed by atoms with E-state index in [9.17, 15) is 4.79 Å². The molecule has 0 atom stereocenters. The number of aromatic nitrogens is 3. The van der Waals surface area contributed by atoms with Crippen molar-refractivity contribution >= 4 is 0 Å². The van der Waals surface area contributed by atoms with Crippen LogP contribution in [0.1, 0.15) is 30.9 Å². The zero-order valence-electron chi connectivity index (χ0n) is 21.4. The molecule has 2 heterocycles. The van der Waals surface area contributed by atoms with E-state index in [1.807, 2.05) is 18.2 Å². The molecule has 1 fully saturated rings. The van der Waals surface area contributed by atoms with Crippen molar-refractivity contribution in [1.82, 2.24) is 24.6 Å². The van der Waals surface area contributed by atoms with Crippen LogP contribution in [0.4, 0.5) is 0 Å². The number of aromatic amines is 1. The van der Waals surface area contributed by atoms with E-state index in [2.05, 4.69) is 53.0 Å². The van der Waals surface area contributed by atoms with Crippen molar-refractivity contribution in [2.24, 2.45) is 0 Å². The van der Waals surface area contributed by atoms with Gasteiger partial charge in [0, 0.05) is 38.3 Å². The predicted molar refractivity (Wildman–Crippen MR) is 136 cm³/mol. The first-order chi connectivity index (χ1) is 16.9. The smallest absolute Gasteiger partial charge is 0.348 e. The molecule has 1 aliphatic rings. The number of nitrogens with one attached hydrogen (secondary N) is 1. The molecule has 1 N–H and O–H groups in total. The summed E-state index contributed by atoms with van der Waals surface area (Å²) in [5, 5.41) is 6.96. The summed E-state index contributed by atoms with van der Waals surface area (Å²) in [5.74, 6) is 2.14. The molecule has 3 aromatic rings. The second-order valence-electron chi connectivity index (χ2n) is 9.20. The maximum atomic E-state index is 12.9. The van der Waals surface area contributed by atoms with E-state index in [4.69, 9.17) is 14.2 Å². The first-order valence-corrected chi connectivity index (χ1v) is 11.9. The first kappa shape index (κ1) is 24.8. The van der Waals surface area contributed by atoms with E-state index in [0.29, 0.717) is 28.6 Å². The Morgan fingerprint density at radius 3 is 2.14 bits per heavy atom. The van der Waals surface area contributed by atoms with E-state index < -0.39 is 0 Å². The van der Waals surface area contributed by atoms with Crippen molar-refractivity contribution in [3.8, 4) is 34.3 Å². The molecular formula is C26H35N5O4. The van der Waals surface area contributed by atoms with Crippen LogP contribution in [0.15, 0.2) is 35.1 Å². The minimum Gasteiger partial charge on any atom is -0.492 e. The van der Waals surface area contributed by atoms with Crippen molar-refractivity contribution in [2.75, 3.05) is 54.6 Å². The minimum atomic E-state index is -0.324. The Morgan fingerprint density at radius 2 is 1.57 bits per heavy atom. The number of rotatable bonds is 8. The van der Waals surface area contributed by atoms with Crippen molar-refractivity contribution in [3.05, 3.63) is 51.9 Å². The Balaban J connectivity index is 1.74. The largest absolute Gasteiger partial charge is 0.492 e. The Morgan fingerprint density at radius 1 is 0.943 bits per heavy atom. The summed E-state index contributed by atoms with van der Waals surface area (Å²) in [4.78, 5) is 17.7. The van der Waals surface area contributed by atoms with Gasteiger partial charge in [-0.2, -0.15) is 5.10 Å². The molecule has 1 aliphatic heterocycles. The van der Waals surface area contributed by atoms with Crippen LogP contribution in [0, 0.1) is 0 Å². The van der Waals surface area contributed by atoms with Crippen molar-refractivity contribution < 1.29 is 14.2 Å². The highest BCUT2D eigenvalue weighted by atomic mass is 16.5. The van der Waals surface area contributed by atoms with Gasteiger partial charge in [0.1, 0.15) is 0 Å². The molecule has 9 heteroatoms. The van der Waals surface area contributed by atoms with Gasteiger partial charge in [0.25, 0.3) is 0 Å². The first-order valence-electron chi connectivity index (χ1n) is 11.9. The normalized spacial score (nSPS) is 14.9. The topological polar surface area (TPSA) is 84.9 Å². The Hall–Kier alpha value is -3.30. The molecule has 35 heavy (non-hydrogen) atoms. The third-order valence-corrected chi connectivity index (χ3v) is 6.56. The van der Waals surface area contributed by atoms with Crippen molar-refractivity contribution in [2.45, 2.75) is 26.3 Å². The molecule has 0 bridgehead atoms. The second kappa shape index (κ2) is 10.5. The van der Waals surface area contributed by atoms with Crippen LogP contribution in [0.25, 0.3) is 17.1 Å². The van der Waals surface area contributed by atoms with Crippen LogP contribution in [0.3, 0.4) is 0 Å². The van der Waals surface area contributed by atoms with Crippen molar-refractivity contribution in [1.29, 1.82) is 0 Å². The Bertz CT molecular complexity index is 1210. The highest BCUT2D eigenvalue weighted by Crippen LogP contribution is 2.48. The summed E-state index contributed by atoms with van der Waals surface area (Å²) in [7, 11) is 6.91. The SMILES string of the molecule is COc1c(-c2n[nH]c(=O)n2-c2ccc(CN3CCN(C)CC3)cc2)cc(C(C)C)c(OC)c1OC. The molecule has 1 aromatic heterocycles. The van der Waals surface area contributed by atoms with Gasteiger partial charge in [-0.05, 0) is 36.7 Å². The molecule has 0 radical (unpaired) electrons. The van der Waals surface area contributed by atoms with Crippen LogP contribution >= 0.6 is 0 Å². The maximum absolute atomic E-state index is 12.9. The quantitative estimate of drug-likeness (QED) is 0.529. The van der Waals surface area contributed by atoms with E-state index in [-0.39, 0.29) is 11.6 Å². The van der Waals surface area contributed by atoms with Gasteiger partial charge in [-0.15, -0.1) is 0 Å². The van der Waals surface area contributed by atoms with E-state index >= 15 is 0 Å². The summed E-state index contributed by atoms with van der Waals surface area (Å²) in [6.07, 6.45) is 0. The monoisotopic (exact) mass is 481 g/mol.